The van der Waals surface area contributed by atoms with Gasteiger partial charge in [-0.1, -0.05) is 32.8 Å². The lowest BCUT2D eigenvalue weighted by atomic mass is 9.82. The molecule has 0 radical (unpaired) electrons. The van der Waals surface area contributed by atoms with E-state index in [0.29, 0.717) is 74.4 Å². The second-order valence-electron chi connectivity index (χ2n) is 11.2. The lowest BCUT2D eigenvalue weighted by molar-refractivity contribution is -0.143. The molecule has 1 fully saturated rings. The maximum atomic E-state index is 13.3. The number of carboxylic acids is 1. The highest BCUT2D eigenvalue weighted by atomic mass is 32.2. The molecule has 12 heteroatoms. The van der Waals surface area contributed by atoms with Gasteiger partial charge in [-0.2, -0.15) is 0 Å². The summed E-state index contributed by atoms with van der Waals surface area (Å²) >= 11 is 0. The quantitative estimate of drug-likeness (QED) is 0.307. The fraction of sp³-hybridized carbons (Fsp3) is 0.581. The van der Waals surface area contributed by atoms with E-state index in [1.807, 2.05) is 44.2 Å². The van der Waals surface area contributed by atoms with Gasteiger partial charge in [-0.3, -0.25) is 9.69 Å². The van der Waals surface area contributed by atoms with Crippen molar-refractivity contribution >= 4 is 16.0 Å². The molecule has 5 rings (SSSR count). The molecule has 0 saturated carbocycles. The Morgan fingerprint density at radius 2 is 1.74 bits per heavy atom. The lowest BCUT2D eigenvalue weighted by Crippen LogP contribution is -2.40. The highest BCUT2D eigenvalue weighted by Gasteiger charge is 2.48. The Bertz CT molecular complexity index is 1400. The molecule has 1 unspecified atom stereocenters. The Labute approximate surface area is 253 Å². The topological polar surface area (TPSA) is 124 Å². The molecular weight excluding hydrogens is 576 g/mol. The zero-order valence-corrected chi connectivity index (χ0v) is 25.9. The molecule has 0 spiro atoms. The monoisotopic (exact) mass is 618 g/mol. The van der Waals surface area contributed by atoms with Gasteiger partial charge in [-0.15, -0.1) is 0 Å². The number of fused-ring (bicyclic) bond motifs is 2. The van der Waals surface area contributed by atoms with Crippen molar-refractivity contribution < 1.29 is 42.0 Å². The van der Waals surface area contributed by atoms with Gasteiger partial charge in [0.15, 0.2) is 23.0 Å². The predicted octanol–water partition coefficient (Wildman–Crippen LogP) is 4.27. The normalized spacial score (nSPS) is 21.3. The molecule has 2 aromatic rings. The van der Waals surface area contributed by atoms with E-state index in [4.69, 9.17) is 23.7 Å². The van der Waals surface area contributed by atoms with Gasteiger partial charge in [-0.25, -0.2) is 12.7 Å². The number of hydrogen-bond acceptors (Lipinski definition) is 9. The van der Waals surface area contributed by atoms with E-state index >= 15 is 0 Å². The van der Waals surface area contributed by atoms with E-state index in [1.54, 1.807) is 4.31 Å². The van der Waals surface area contributed by atoms with E-state index in [-0.39, 0.29) is 19.1 Å². The Balaban J connectivity index is 1.50. The first-order valence-electron chi connectivity index (χ1n) is 15.1. The zero-order valence-electron chi connectivity index (χ0n) is 25.1. The molecule has 0 aromatic heterocycles. The maximum absolute atomic E-state index is 13.3. The lowest BCUT2D eigenvalue weighted by Gasteiger charge is -2.30. The van der Waals surface area contributed by atoms with E-state index in [9.17, 15) is 18.3 Å². The summed E-state index contributed by atoms with van der Waals surface area (Å²) in [6.45, 7) is 6.40. The number of aliphatic carboxylic acids is 1. The minimum atomic E-state index is -3.45. The molecule has 3 aliphatic heterocycles. The van der Waals surface area contributed by atoms with Crippen molar-refractivity contribution in [1.82, 2.24) is 9.21 Å². The van der Waals surface area contributed by atoms with Gasteiger partial charge in [0.1, 0.15) is 13.2 Å². The Hall–Kier alpha value is -3.22. The number of rotatable bonds is 14. The summed E-state index contributed by atoms with van der Waals surface area (Å²) in [5.41, 5.74) is 1.54. The van der Waals surface area contributed by atoms with Gasteiger partial charge in [0.2, 0.25) is 22.6 Å². The molecule has 3 atom stereocenters. The second kappa shape index (κ2) is 13.6. The molecule has 43 heavy (non-hydrogen) atoms. The van der Waals surface area contributed by atoms with E-state index in [1.165, 1.54) is 7.11 Å². The van der Waals surface area contributed by atoms with Gasteiger partial charge in [-0.05, 0) is 48.2 Å². The van der Waals surface area contributed by atoms with Crippen LogP contribution in [0.15, 0.2) is 30.3 Å². The van der Waals surface area contributed by atoms with Crippen LogP contribution in [0.1, 0.15) is 62.6 Å². The summed E-state index contributed by atoms with van der Waals surface area (Å²) in [6, 6.07) is 8.67. The molecule has 1 saturated heterocycles. The molecule has 3 heterocycles. The number of carboxylic acid groups (broad SMARTS) is 1. The highest BCUT2D eigenvalue weighted by molar-refractivity contribution is 7.89. The van der Waals surface area contributed by atoms with Crippen molar-refractivity contribution in [3.05, 3.63) is 41.5 Å². The number of unbranched alkanes of at least 4 members (excludes halogenated alkanes) is 2. The van der Waals surface area contributed by atoms with E-state index < -0.39 is 33.9 Å². The average Bonchev–Trinajstić information content (AvgIpc) is 3.63. The molecule has 1 N–H and O–H groups in total. The minimum Gasteiger partial charge on any atom is -0.493 e. The van der Waals surface area contributed by atoms with Crippen LogP contribution in [0.3, 0.4) is 0 Å². The van der Waals surface area contributed by atoms with Crippen molar-refractivity contribution in [2.24, 2.45) is 5.92 Å². The highest BCUT2D eigenvalue weighted by Crippen LogP contribution is 2.51. The summed E-state index contributed by atoms with van der Waals surface area (Å²) in [5.74, 6) is 0.595. The fourth-order valence-electron chi connectivity index (χ4n) is 6.35. The first kappa shape index (κ1) is 31.2. The second-order valence-corrected chi connectivity index (χ2v) is 13.3. The largest absolute Gasteiger partial charge is 0.493 e. The summed E-state index contributed by atoms with van der Waals surface area (Å²) in [5, 5.41) is 10.7. The maximum Gasteiger partial charge on any atom is 0.309 e. The Kier molecular flexibility index (Phi) is 9.88. The summed E-state index contributed by atoms with van der Waals surface area (Å²) in [7, 11) is -1.91. The molecule has 0 bridgehead atoms. The molecule has 11 nitrogen and oxygen atoms in total. The summed E-state index contributed by atoms with van der Waals surface area (Å²) < 4.78 is 56.5. The van der Waals surface area contributed by atoms with Crippen LogP contribution < -0.4 is 23.7 Å². The molecule has 0 amide bonds. The van der Waals surface area contributed by atoms with Crippen molar-refractivity contribution in [3.8, 4) is 28.7 Å². The smallest absolute Gasteiger partial charge is 0.309 e. The van der Waals surface area contributed by atoms with Crippen LogP contribution >= 0.6 is 0 Å². The number of benzene rings is 2. The molecule has 236 valence electrons. The standard InChI is InChI=1S/C31H42N2O9S/c1-4-6-7-15-43(36,37)33(10-5-2)12-11-32-19-23(22-17-26(38-3)30-27(18-22)41-20-42-30)28(31(34)35)29(32)21-8-9-24-25(16-21)40-14-13-39-24/h8-9,16-18,23,28-29H,4-7,10-15,19-20H2,1-3H3,(H,34,35)/t23?,28-,29+/m0/s1. The van der Waals surface area contributed by atoms with Crippen LogP contribution in [0.2, 0.25) is 0 Å². The van der Waals surface area contributed by atoms with Crippen molar-refractivity contribution in [2.45, 2.75) is 51.5 Å². The van der Waals surface area contributed by atoms with Crippen molar-refractivity contribution in [3.63, 3.8) is 0 Å². The molecule has 0 aliphatic carbocycles. The average molecular weight is 619 g/mol. The van der Waals surface area contributed by atoms with Crippen LogP contribution in [0.4, 0.5) is 0 Å². The third-order valence-electron chi connectivity index (χ3n) is 8.41. The third-order valence-corrected chi connectivity index (χ3v) is 10.4. The molecule has 2 aromatic carbocycles. The first-order valence-corrected chi connectivity index (χ1v) is 16.7. The number of carbonyl (C=O) groups is 1. The number of sulfonamides is 1. The van der Waals surface area contributed by atoms with Gasteiger partial charge in [0.05, 0.1) is 18.8 Å². The molecular formula is C31H42N2O9S. The van der Waals surface area contributed by atoms with Crippen LogP contribution in [0.25, 0.3) is 0 Å². The van der Waals surface area contributed by atoms with Crippen molar-refractivity contribution in [2.75, 3.05) is 59.0 Å². The summed E-state index contributed by atoms with van der Waals surface area (Å²) in [6.07, 6.45) is 3.11. The van der Waals surface area contributed by atoms with Crippen LogP contribution in [-0.2, 0) is 14.8 Å². The van der Waals surface area contributed by atoms with Gasteiger partial charge in [0, 0.05) is 38.1 Å². The number of likely N-dealkylation sites (tertiary alicyclic amines) is 1. The number of hydrogen-bond donors (Lipinski definition) is 1. The fourth-order valence-corrected chi connectivity index (χ4v) is 7.99. The zero-order chi connectivity index (χ0) is 30.6. The third kappa shape index (κ3) is 6.66. The van der Waals surface area contributed by atoms with Gasteiger partial charge < -0.3 is 28.8 Å². The van der Waals surface area contributed by atoms with Gasteiger partial charge >= 0.3 is 5.97 Å². The Morgan fingerprint density at radius 3 is 2.47 bits per heavy atom. The number of ether oxygens (including phenoxy) is 5. The SMILES string of the molecule is CCCCCS(=O)(=O)N(CCC)CCN1CC(c2cc(OC)c3c(c2)OCO3)[C@H](C(=O)O)[C@H]1c1ccc2c(c1)OCCO2. The first-order chi connectivity index (χ1) is 20.8. The van der Waals surface area contributed by atoms with Crippen LogP contribution in [-0.4, -0.2) is 87.7 Å². The number of nitrogens with zero attached hydrogens (tertiary/aromatic N) is 2. The van der Waals surface area contributed by atoms with Crippen LogP contribution in [0.5, 0.6) is 28.7 Å². The Morgan fingerprint density at radius 1 is 0.977 bits per heavy atom. The van der Waals surface area contributed by atoms with E-state index in [2.05, 4.69) is 4.90 Å². The molecule has 3 aliphatic rings. The minimum absolute atomic E-state index is 0.0636. The van der Waals surface area contributed by atoms with Crippen molar-refractivity contribution in [1.29, 1.82) is 0 Å². The van der Waals surface area contributed by atoms with E-state index in [0.717, 1.165) is 24.0 Å². The summed E-state index contributed by atoms with van der Waals surface area (Å²) in [4.78, 5) is 15.2. The van der Waals surface area contributed by atoms with Crippen LogP contribution in [0, 0.1) is 5.92 Å². The predicted molar refractivity (Wildman–Crippen MR) is 160 cm³/mol. The van der Waals surface area contributed by atoms with Gasteiger partial charge in [0.25, 0.3) is 0 Å². The number of methoxy groups -OCH3 is 1.